The van der Waals surface area contributed by atoms with Crippen molar-refractivity contribution in [3.8, 4) is 0 Å². The Kier molecular flexibility index (Phi) is 1.24. The van der Waals surface area contributed by atoms with Crippen molar-refractivity contribution in [2.75, 3.05) is 0 Å². The van der Waals surface area contributed by atoms with Gasteiger partial charge in [-0.3, -0.25) is 5.43 Å². The molecular weight excluding hydrogens is 116 g/mol. The lowest BCUT2D eigenvalue weighted by Crippen LogP contribution is -2.36. The fourth-order valence-corrected chi connectivity index (χ4v) is 0.661. The lowest BCUT2D eigenvalue weighted by molar-refractivity contribution is 0.0782. The highest BCUT2D eigenvalue weighted by molar-refractivity contribution is 5.88. The highest BCUT2D eigenvalue weighted by atomic mass is 16.3. The van der Waals surface area contributed by atoms with Crippen molar-refractivity contribution in [1.82, 2.24) is 5.43 Å². The molecule has 1 aliphatic rings. The molecule has 0 saturated carbocycles. The molecule has 0 amide bonds. The van der Waals surface area contributed by atoms with Crippen LogP contribution in [-0.2, 0) is 0 Å². The maximum absolute atomic E-state index is 9.20. The Morgan fingerprint density at radius 2 is 2.22 bits per heavy atom. The van der Waals surface area contributed by atoms with Crippen molar-refractivity contribution in [3.63, 3.8) is 0 Å². The quantitative estimate of drug-likeness (QED) is 0.493. The van der Waals surface area contributed by atoms with Crippen molar-refractivity contribution in [2.45, 2.75) is 27.0 Å². The lowest BCUT2D eigenvalue weighted by Gasteiger charge is -2.21. The number of aliphatic hydroxyl groups is 1. The minimum atomic E-state index is -0.516. The van der Waals surface area contributed by atoms with Crippen molar-refractivity contribution >= 4 is 5.71 Å². The van der Waals surface area contributed by atoms with Gasteiger partial charge in [-0.2, -0.15) is 5.10 Å². The first-order chi connectivity index (χ1) is 4.05. The first-order valence-corrected chi connectivity index (χ1v) is 3.03. The fourth-order valence-electron chi connectivity index (χ4n) is 0.661. The first kappa shape index (κ1) is 6.55. The molecule has 3 nitrogen and oxygen atoms in total. The van der Waals surface area contributed by atoms with Crippen molar-refractivity contribution in [1.29, 1.82) is 0 Å². The van der Waals surface area contributed by atoms with E-state index in [9.17, 15) is 5.11 Å². The van der Waals surface area contributed by atoms with Gasteiger partial charge in [0.05, 0.1) is 5.41 Å². The average Bonchev–Trinajstić information content (AvgIpc) is 1.96. The lowest BCUT2D eigenvalue weighted by atomic mass is 9.88. The van der Waals surface area contributed by atoms with Crippen molar-refractivity contribution in [3.05, 3.63) is 0 Å². The van der Waals surface area contributed by atoms with E-state index in [1.165, 1.54) is 0 Å². The van der Waals surface area contributed by atoms with Gasteiger partial charge in [-0.05, 0) is 6.92 Å². The number of aliphatic hydroxyl groups excluding tert-OH is 1. The van der Waals surface area contributed by atoms with E-state index in [2.05, 4.69) is 10.5 Å². The van der Waals surface area contributed by atoms with E-state index < -0.39 is 6.23 Å². The van der Waals surface area contributed by atoms with Gasteiger partial charge in [-0.15, -0.1) is 0 Å². The van der Waals surface area contributed by atoms with Gasteiger partial charge in [0.1, 0.15) is 6.23 Å². The normalized spacial score (nSPS) is 31.6. The number of nitrogens with one attached hydrogen (secondary N) is 1. The topological polar surface area (TPSA) is 44.6 Å². The van der Waals surface area contributed by atoms with Crippen LogP contribution in [0.4, 0.5) is 0 Å². The van der Waals surface area contributed by atoms with Crippen LogP contribution < -0.4 is 5.43 Å². The molecule has 0 saturated heterocycles. The summed E-state index contributed by atoms with van der Waals surface area (Å²) in [4.78, 5) is 0. The van der Waals surface area contributed by atoms with Gasteiger partial charge >= 0.3 is 0 Å². The standard InChI is InChI=1S/C6H12N2O/c1-4-6(2,3)5(9)8-7-4/h5,8-9H,1-3H3. The fraction of sp³-hybridized carbons (Fsp3) is 0.833. The maximum Gasteiger partial charge on any atom is 0.150 e. The summed E-state index contributed by atoms with van der Waals surface area (Å²) < 4.78 is 0. The van der Waals surface area contributed by atoms with Crippen LogP contribution in [0.25, 0.3) is 0 Å². The smallest absolute Gasteiger partial charge is 0.150 e. The second-order valence-corrected chi connectivity index (χ2v) is 2.95. The molecule has 0 aromatic heterocycles. The average molecular weight is 128 g/mol. The summed E-state index contributed by atoms with van der Waals surface area (Å²) in [5, 5.41) is 13.1. The summed E-state index contributed by atoms with van der Waals surface area (Å²) in [5.74, 6) is 0. The van der Waals surface area contributed by atoms with Crippen molar-refractivity contribution in [2.24, 2.45) is 10.5 Å². The highest BCUT2D eigenvalue weighted by Crippen LogP contribution is 2.24. The minimum Gasteiger partial charge on any atom is -0.371 e. The Morgan fingerprint density at radius 3 is 2.33 bits per heavy atom. The van der Waals surface area contributed by atoms with Crippen LogP contribution in [-0.4, -0.2) is 17.0 Å². The largest absolute Gasteiger partial charge is 0.371 e. The number of nitrogens with zero attached hydrogens (tertiary/aromatic N) is 1. The van der Waals surface area contributed by atoms with E-state index in [1.807, 2.05) is 20.8 Å². The highest BCUT2D eigenvalue weighted by Gasteiger charge is 2.35. The van der Waals surface area contributed by atoms with E-state index in [0.29, 0.717) is 0 Å². The third-order valence-corrected chi connectivity index (χ3v) is 1.97. The molecule has 0 aliphatic carbocycles. The summed E-state index contributed by atoms with van der Waals surface area (Å²) in [5.41, 5.74) is 3.36. The van der Waals surface area contributed by atoms with Crippen LogP contribution in [0.1, 0.15) is 20.8 Å². The van der Waals surface area contributed by atoms with Crippen LogP contribution in [0.15, 0.2) is 5.10 Å². The molecule has 52 valence electrons. The summed E-state index contributed by atoms with van der Waals surface area (Å²) in [6.07, 6.45) is -0.516. The summed E-state index contributed by atoms with van der Waals surface area (Å²) in [7, 11) is 0. The van der Waals surface area contributed by atoms with Gasteiger partial charge < -0.3 is 5.11 Å². The monoisotopic (exact) mass is 128 g/mol. The molecule has 1 heterocycles. The predicted molar refractivity (Wildman–Crippen MR) is 36.0 cm³/mol. The molecule has 0 radical (unpaired) electrons. The summed E-state index contributed by atoms with van der Waals surface area (Å²) in [6, 6.07) is 0. The maximum atomic E-state index is 9.20. The summed E-state index contributed by atoms with van der Waals surface area (Å²) in [6.45, 7) is 5.82. The van der Waals surface area contributed by atoms with Crippen LogP contribution in [0.2, 0.25) is 0 Å². The molecule has 0 bridgehead atoms. The molecule has 2 N–H and O–H groups in total. The van der Waals surface area contributed by atoms with Crippen LogP contribution >= 0.6 is 0 Å². The molecule has 1 atom stereocenters. The Balaban J connectivity index is 2.81. The molecule has 1 unspecified atom stereocenters. The second-order valence-electron chi connectivity index (χ2n) is 2.95. The molecular formula is C6H12N2O. The number of hydrogen-bond acceptors (Lipinski definition) is 3. The van der Waals surface area contributed by atoms with E-state index in [-0.39, 0.29) is 5.41 Å². The van der Waals surface area contributed by atoms with E-state index in [4.69, 9.17) is 0 Å². The van der Waals surface area contributed by atoms with Gasteiger partial charge in [-0.25, -0.2) is 0 Å². The molecule has 0 fully saturated rings. The zero-order chi connectivity index (χ0) is 7.07. The number of rotatable bonds is 0. The molecule has 0 aromatic rings. The van der Waals surface area contributed by atoms with Gasteiger partial charge in [0.2, 0.25) is 0 Å². The molecule has 0 spiro atoms. The Morgan fingerprint density at radius 1 is 1.67 bits per heavy atom. The van der Waals surface area contributed by atoms with Gasteiger partial charge in [0.15, 0.2) is 0 Å². The molecule has 0 aromatic carbocycles. The number of hydrogen-bond donors (Lipinski definition) is 2. The molecule has 3 heteroatoms. The zero-order valence-electron chi connectivity index (χ0n) is 5.97. The first-order valence-electron chi connectivity index (χ1n) is 3.03. The third kappa shape index (κ3) is 0.812. The molecule has 1 aliphatic heterocycles. The van der Waals surface area contributed by atoms with Crippen LogP contribution in [0, 0.1) is 5.41 Å². The van der Waals surface area contributed by atoms with E-state index >= 15 is 0 Å². The van der Waals surface area contributed by atoms with E-state index in [1.54, 1.807) is 0 Å². The minimum absolute atomic E-state index is 0.194. The van der Waals surface area contributed by atoms with Gasteiger partial charge in [0, 0.05) is 5.71 Å². The molecule has 1 rings (SSSR count). The van der Waals surface area contributed by atoms with E-state index in [0.717, 1.165) is 5.71 Å². The predicted octanol–water partition coefficient (Wildman–Crippen LogP) is 0.310. The van der Waals surface area contributed by atoms with Gasteiger partial charge in [-0.1, -0.05) is 13.8 Å². The second kappa shape index (κ2) is 1.70. The van der Waals surface area contributed by atoms with Crippen molar-refractivity contribution < 1.29 is 5.11 Å². The Bertz CT molecular complexity index is 151. The zero-order valence-corrected chi connectivity index (χ0v) is 5.97. The Labute approximate surface area is 54.8 Å². The van der Waals surface area contributed by atoms with Crippen LogP contribution in [0.5, 0.6) is 0 Å². The third-order valence-electron chi connectivity index (χ3n) is 1.97. The Hall–Kier alpha value is -0.570. The van der Waals surface area contributed by atoms with Gasteiger partial charge in [0.25, 0.3) is 0 Å². The van der Waals surface area contributed by atoms with Crippen LogP contribution in [0.3, 0.4) is 0 Å². The molecule has 9 heavy (non-hydrogen) atoms. The number of hydrazone groups is 1. The summed E-state index contributed by atoms with van der Waals surface area (Å²) >= 11 is 0. The SMILES string of the molecule is CC1=NNC(O)C1(C)C.